The van der Waals surface area contributed by atoms with Gasteiger partial charge >= 0.3 is 0 Å². The van der Waals surface area contributed by atoms with Crippen molar-refractivity contribution in [2.24, 2.45) is 5.73 Å². The van der Waals surface area contributed by atoms with E-state index in [4.69, 9.17) is 5.73 Å². The van der Waals surface area contributed by atoms with Crippen molar-refractivity contribution in [2.45, 2.75) is 19.5 Å². The van der Waals surface area contributed by atoms with Crippen LogP contribution in [0.25, 0.3) is 0 Å². The highest BCUT2D eigenvalue weighted by Crippen LogP contribution is 2.24. The predicted octanol–water partition coefficient (Wildman–Crippen LogP) is 2.88. The van der Waals surface area contributed by atoms with Gasteiger partial charge in [-0.3, -0.25) is 9.88 Å². The van der Waals surface area contributed by atoms with Crippen LogP contribution in [0.1, 0.15) is 24.2 Å². The Hall–Kier alpha value is -1.85. The van der Waals surface area contributed by atoms with Crippen LogP contribution in [0.4, 0.5) is 8.78 Å². The number of halogens is 2. The monoisotopic (exact) mass is 291 g/mol. The minimum Gasteiger partial charge on any atom is -0.329 e. The molecular formula is C16H19F2N3. The Balaban J connectivity index is 2.25. The number of aromatic nitrogens is 1. The summed E-state index contributed by atoms with van der Waals surface area (Å²) in [5.41, 5.74) is 7.12. The van der Waals surface area contributed by atoms with E-state index in [0.29, 0.717) is 18.7 Å². The molecule has 0 radical (unpaired) electrons. The first-order chi connectivity index (χ1) is 10.2. The average Bonchev–Trinajstić information content (AvgIpc) is 2.49. The average molecular weight is 291 g/mol. The summed E-state index contributed by atoms with van der Waals surface area (Å²) in [4.78, 5) is 6.30. The number of nitrogens with zero attached hydrogens (tertiary/aromatic N) is 2. The maximum atomic E-state index is 14.0. The first-order valence-corrected chi connectivity index (χ1v) is 6.94. The number of likely N-dealkylation sites (N-methyl/N-ethyl adjacent to an activating group) is 1. The molecule has 5 heteroatoms. The maximum absolute atomic E-state index is 14.0. The van der Waals surface area contributed by atoms with Crippen LogP contribution >= 0.6 is 0 Å². The van der Waals surface area contributed by atoms with Crippen molar-refractivity contribution in [1.82, 2.24) is 9.88 Å². The number of benzene rings is 1. The molecule has 0 aliphatic rings. The van der Waals surface area contributed by atoms with E-state index in [9.17, 15) is 8.78 Å². The van der Waals surface area contributed by atoms with Gasteiger partial charge in [0.15, 0.2) is 0 Å². The van der Waals surface area contributed by atoms with Crippen LogP contribution < -0.4 is 5.73 Å². The molecule has 0 bridgehead atoms. The Morgan fingerprint density at radius 3 is 2.62 bits per heavy atom. The fourth-order valence-corrected chi connectivity index (χ4v) is 2.39. The second kappa shape index (κ2) is 7.24. The molecule has 1 unspecified atom stereocenters. The maximum Gasteiger partial charge on any atom is 0.130 e. The molecule has 3 nitrogen and oxygen atoms in total. The van der Waals surface area contributed by atoms with Gasteiger partial charge in [0.1, 0.15) is 11.6 Å². The van der Waals surface area contributed by atoms with E-state index < -0.39 is 11.6 Å². The zero-order valence-corrected chi connectivity index (χ0v) is 12.0. The van der Waals surface area contributed by atoms with Gasteiger partial charge in [0.25, 0.3) is 0 Å². The third kappa shape index (κ3) is 3.83. The third-order valence-electron chi connectivity index (χ3n) is 3.48. The lowest BCUT2D eigenvalue weighted by molar-refractivity contribution is 0.197. The molecule has 1 aromatic carbocycles. The summed E-state index contributed by atoms with van der Waals surface area (Å²) in [5, 5.41) is 0. The molecule has 0 fully saturated rings. The van der Waals surface area contributed by atoms with Crippen molar-refractivity contribution in [3.63, 3.8) is 0 Å². The molecule has 2 aromatic rings. The van der Waals surface area contributed by atoms with Crippen LogP contribution in [0.2, 0.25) is 0 Å². The molecule has 1 atom stereocenters. The van der Waals surface area contributed by atoms with Crippen LogP contribution in [0.15, 0.2) is 42.6 Å². The van der Waals surface area contributed by atoms with Gasteiger partial charge in [0.05, 0.1) is 11.7 Å². The van der Waals surface area contributed by atoms with Crippen LogP contribution in [-0.4, -0.2) is 23.0 Å². The number of hydrogen-bond acceptors (Lipinski definition) is 3. The molecule has 0 saturated carbocycles. The molecular weight excluding hydrogens is 272 g/mol. The van der Waals surface area contributed by atoms with Crippen molar-refractivity contribution in [1.29, 1.82) is 0 Å². The Labute approximate surface area is 123 Å². The third-order valence-corrected chi connectivity index (χ3v) is 3.48. The highest BCUT2D eigenvalue weighted by atomic mass is 19.1. The van der Waals surface area contributed by atoms with Crippen molar-refractivity contribution in [2.75, 3.05) is 13.1 Å². The minimum atomic E-state index is -0.584. The highest BCUT2D eigenvalue weighted by Gasteiger charge is 2.21. The van der Waals surface area contributed by atoms with E-state index in [2.05, 4.69) is 4.98 Å². The van der Waals surface area contributed by atoms with Gasteiger partial charge in [0, 0.05) is 30.9 Å². The van der Waals surface area contributed by atoms with E-state index >= 15 is 0 Å². The summed E-state index contributed by atoms with van der Waals surface area (Å²) in [6.45, 7) is 3.49. The smallest absolute Gasteiger partial charge is 0.130 e. The molecule has 2 rings (SSSR count). The van der Waals surface area contributed by atoms with Gasteiger partial charge in [-0.05, 0) is 24.7 Å². The van der Waals surface area contributed by atoms with E-state index in [1.54, 1.807) is 6.20 Å². The number of rotatable bonds is 6. The number of nitrogens with two attached hydrogens (primary N) is 1. The normalized spacial score (nSPS) is 12.6. The molecule has 0 aliphatic heterocycles. The van der Waals surface area contributed by atoms with Crippen molar-refractivity contribution in [3.05, 3.63) is 65.5 Å². The fourth-order valence-electron chi connectivity index (χ4n) is 2.39. The van der Waals surface area contributed by atoms with E-state index in [-0.39, 0.29) is 12.6 Å². The van der Waals surface area contributed by atoms with Crippen molar-refractivity contribution >= 4 is 0 Å². The summed E-state index contributed by atoms with van der Waals surface area (Å²) in [6.07, 6.45) is 1.72. The summed E-state index contributed by atoms with van der Waals surface area (Å²) in [5.74, 6) is -1.15. The van der Waals surface area contributed by atoms with Gasteiger partial charge in [0.2, 0.25) is 0 Å². The Kier molecular flexibility index (Phi) is 5.36. The second-order valence-electron chi connectivity index (χ2n) is 4.80. The van der Waals surface area contributed by atoms with E-state index in [1.807, 2.05) is 30.0 Å². The largest absolute Gasteiger partial charge is 0.329 e. The first kappa shape index (κ1) is 15.5. The zero-order valence-electron chi connectivity index (χ0n) is 12.0. The lowest BCUT2D eigenvalue weighted by atomic mass is 10.0. The minimum absolute atomic E-state index is 0.253. The highest BCUT2D eigenvalue weighted by molar-refractivity contribution is 5.23. The molecule has 0 saturated heterocycles. The fraction of sp³-hybridized carbons (Fsp3) is 0.312. The number of hydrogen-bond donors (Lipinski definition) is 1. The van der Waals surface area contributed by atoms with Crippen LogP contribution in [-0.2, 0) is 6.54 Å². The molecule has 1 aromatic heterocycles. The van der Waals surface area contributed by atoms with Gasteiger partial charge in [-0.1, -0.05) is 19.1 Å². The summed E-state index contributed by atoms with van der Waals surface area (Å²) < 4.78 is 27.0. The summed E-state index contributed by atoms with van der Waals surface area (Å²) in [6, 6.07) is 8.98. The van der Waals surface area contributed by atoms with Crippen LogP contribution in [0, 0.1) is 11.6 Å². The lowest BCUT2D eigenvalue weighted by Gasteiger charge is -2.30. The van der Waals surface area contributed by atoms with E-state index in [1.165, 1.54) is 12.1 Å². The number of pyridine rings is 1. The topological polar surface area (TPSA) is 42.2 Å². The van der Waals surface area contributed by atoms with Crippen molar-refractivity contribution < 1.29 is 8.78 Å². The molecule has 0 amide bonds. The summed E-state index contributed by atoms with van der Waals surface area (Å²) >= 11 is 0. The Morgan fingerprint density at radius 2 is 2.05 bits per heavy atom. The first-order valence-electron chi connectivity index (χ1n) is 6.94. The lowest BCUT2D eigenvalue weighted by Crippen LogP contribution is -2.34. The van der Waals surface area contributed by atoms with Gasteiger partial charge in [-0.15, -0.1) is 0 Å². The standard InChI is InChI=1S/C16H19F2N3/c1-2-21(11-13-5-3-4-8-20-13)16(10-19)14-7-6-12(17)9-15(14)18/h3-9,16H,2,10-11,19H2,1H3. The second-order valence-corrected chi connectivity index (χ2v) is 4.80. The quantitative estimate of drug-likeness (QED) is 0.890. The molecule has 21 heavy (non-hydrogen) atoms. The molecule has 1 heterocycles. The molecule has 112 valence electrons. The molecule has 0 spiro atoms. The zero-order chi connectivity index (χ0) is 15.2. The van der Waals surface area contributed by atoms with Gasteiger partial charge < -0.3 is 5.73 Å². The van der Waals surface area contributed by atoms with Crippen LogP contribution in [0.3, 0.4) is 0 Å². The molecule has 0 aliphatic carbocycles. The van der Waals surface area contributed by atoms with Crippen LogP contribution in [0.5, 0.6) is 0 Å². The SMILES string of the molecule is CCN(Cc1ccccn1)C(CN)c1ccc(F)cc1F. The Bertz CT molecular complexity index is 575. The predicted molar refractivity (Wildman–Crippen MR) is 78.5 cm³/mol. The van der Waals surface area contributed by atoms with Gasteiger partial charge in [-0.2, -0.15) is 0 Å². The van der Waals surface area contributed by atoms with Crippen molar-refractivity contribution in [3.8, 4) is 0 Å². The summed E-state index contributed by atoms with van der Waals surface area (Å²) in [7, 11) is 0. The van der Waals surface area contributed by atoms with Gasteiger partial charge in [-0.25, -0.2) is 8.78 Å². The van der Waals surface area contributed by atoms with E-state index in [0.717, 1.165) is 11.8 Å². The molecule has 2 N–H and O–H groups in total. The Morgan fingerprint density at radius 1 is 1.24 bits per heavy atom.